The van der Waals surface area contributed by atoms with E-state index in [1.54, 1.807) is 26.2 Å². The molecule has 0 spiro atoms. The molecule has 0 radical (unpaired) electrons. The van der Waals surface area contributed by atoms with Crippen LogP contribution in [0.25, 0.3) is 0 Å². The van der Waals surface area contributed by atoms with Crippen LogP contribution in [0.4, 0.5) is 5.69 Å². The highest BCUT2D eigenvalue weighted by atomic mass is 32.2. The average molecular weight is 268 g/mol. The van der Waals surface area contributed by atoms with Gasteiger partial charge >= 0.3 is 0 Å². The van der Waals surface area contributed by atoms with Crippen LogP contribution in [0, 0.1) is 6.92 Å². The van der Waals surface area contributed by atoms with Crippen LogP contribution in [-0.2, 0) is 10.0 Å². The zero-order valence-electron chi connectivity index (χ0n) is 11.2. The van der Waals surface area contributed by atoms with Crippen LogP contribution in [0.3, 0.4) is 0 Å². The first kappa shape index (κ1) is 13.4. The average Bonchev–Trinajstić information content (AvgIpc) is 2.82. The van der Waals surface area contributed by atoms with Crippen molar-refractivity contribution in [2.45, 2.75) is 24.7 Å². The summed E-state index contributed by atoms with van der Waals surface area (Å²) in [6.45, 7) is 4.11. The van der Waals surface area contributed by atoms with Gasteiger partial charge in [-0.2, -0.15) is 0 Å². The second kappa shape index (κ2) is 4.90. The molecule has 0 amide bonds. The van der Waals surface area contributed by atoms with Gasteiger partial charge in [0.15, 0.2) is 0 Å². The van der Waals surface area contributed by atoms with E-state index in [1.165, 1.54) is 17.1 Å². The Kier molecular flexibility index (Phi) is 3.64. The first-order valence-corrected chi connectivity index (χ1v) is 7.65. The summed E-state index contributed by atoms with van der Waals surface area (Å²) < 4.78 is 25.3. The summed E-state index contributed by atoms with van der Waals surface area (Å²) in [6.07, 6.45) is 2.44. The minimum Gasteiger partial charge on any atom is -0.371 e. The molecule has 1 aromatic carbocycles. The minimum atomic E-state index is -3.32. The standard InChI is InChI=1S/C13H20N2O2S/c1-11-10-12(18(16,17)14(2)3)6-7-13(11)15-8-4-5-9-15/h6-7,10H,4-5,8-9H2,1-3H3. The molecule has 1 heterocycles. The van der Waals surface area contributed by atoms with E-state index in [2.05, 4.69) is 4.90 Å². The summed E-state index contributed by atoms with van der Waals surface area (Å²) >= 11 is 0. The molecule has 100 valence electrons. The quantitative estimate of drug-likeness (QED) is 0.840. The van der Waals surface area contributed by atoms with Crippen LogP contribution in [0.1, 0.15) is 18.4 Å². The number of rotatable bonds is 3. The molecule has 0 aliphatic carbocycles. The molecule has 0 unspecified atom stereocenters. The fourth-order valence-electron chi connectivity index (χ4n) is 2.31. The topological polar surface area (TPSA) is 40.6 Å². The maximum absolute atomic E-state index is 12.0. The lowest BCUT2D eigenvalue weighted by atomic mass is 10.2. The van der Waals surface area contributed by atoms with Crippen molar-refractivity contribution in [1.82, 2.24) is 4.31 Å². The van der Waals surface area contributed by atoms with Gasteiger partial charge in [-0.25, -0.2) is 12.7 Å². The molecule has 4 nitrogen and oxygen atoms in total. The summed E-state index contributed by atoms with van der Waals surface area (Å²) in [4.78, 5) is 2.69. The Bertz CT molecular complexity index is 532. The molecule has 1 aliphatic heterocycles. The SMILES string of the molecule is Cc1cc(S(=O)(=O)N(C)C)ccc1N1CCCC1. The molecule has 5 heteroatoms. The van der Waals surface area contributed by atoms with Gasteiger partial charge in [-0.1, -0.05) is 0 Å². The van der Waals surface area contributed by atoms with Gasteiger partial charge in [0.2, 0.25) is 10.0 Å². The molecule has 0 saturated carbocycles. The summed E-state index contributed by atoms with van der Waals surface area (Å²) in [5.74, 6) is 0. The lowest BCUT2D eigenvalue weighted by Gasteiger charge is -2.21. The van der Waals surface area contributed by atoms with Gasteiger partial charge in [0.25, 0.3) is 0 Å². The zero-order chi connectivity index (χ0) is 13.3. The number of aryl methyl sites for hydroxylation is 1. The molecule has 1 fully saturated rings. The van der Waals surface area contributed by atoms with E-state index in [9.17, 15) is 8.42 Å². The third kappa shape index (κ3) is 2.37. The third-order valence-corrected chi connectivity index (χ3v) is 5.20. The second-order valence-corrected chi connectivity index (χ2v) is 7.08. The molecule has 0 aromatic heterocycles. The van der Waals surface area contributed by atoms with Crippen molar-refractivity contribution >= 4 is 15.7 Å². The Morgan fingerprint density at radius 3 is 2.28 bits per heavy atom. The highest BCUT2D eigenvalue weighted by molar-refractivity contribution is 7.89. The van der Waals surface area contributed by atoms with Gasteiger partial charge in [0.05, 0.1) is 4.90 Å². The van der Waals surface area contributed by atoms with Crippen LogP contribution in [0.5, 0.6) is 0 Å². The summed E-state index contributed by atoms with van der Waals surface area (Å²) in [6, 6.07) is 5.40. The smallest absolute Gasteiger partial charge is 0.242 e. The van der Waals surface area contributed by atoms with Gasteiger partial charge in [0, 0.05) is 32.9 Å². The van der Waals surface area contributed by atoms with Gasteiger partial charge in [0.1, 0.15) is 0 Å². The monoisotopic (exact) mass is 268 g/mol. The summed E-state index contributed by atoms with van der Waals surface area (Å²) in [7, 11) is -0.216. The maximum Gasteiger partial charge on any atom is 0.242 e. The molecular weight excluding hydrogens is 248 g/mol. The Morgan fingerprint density at radius 1 is 1.17 bits per heavy atom. The predicted octanol–water partition coefficient (Wildman–Crippen LogP) is 1.85. The van der Waals surface area contributed by atoms with E-state index in [1.807, 2.05) is 13.0 Å². The minimum absolute atomic E-state index is 0.368. The number of anilines is 1. The van der Waals surface area contributed by atoms with Crippen LogP contribution in [-0.4, -0.2) is 39.9 Å². The van der Waals surface area contributed by atoms with Crippen molar-refractivity contribution in [1.29, 1.82) is 0 Å². The Labute approximate surface area is 109 Å². The van der Waals surface area contributed by atoms with E-state index in [4.69, 9.17) is 0 Å². The first-order chi connectivity index (χ1) is 8.43. The van der Waals surface area contributed by atoms with Crippen molar-refractivity contribution in [3.05, 3.63) is 23.8 Å². The van der Waals surface area contributed by atoms with E-state index in [0.717, 1.165) is 24.3 Å². The normalized spacial score (nSPS) is 16.6. The largest absolute Gasteiger partial charge is 0.371 e. The molecule has 0 N–H and O–H groups in total. The van der Waals surface area contributed by atoms with Crippen molar-refractivity contribution in [3.63, 3.8) is 0 Å². The molecular formula is C13H20N2O2S. The summed E-state index contributed by atoms with van der Waals surface area (Å²) in [5, 5.41) is 0. The van der Waals surface area contributed by atoms with E-state index < -0.39 is 10.0 Å². The molecule has 2 rings (SSSR count). The summed E-state index contributed by atoms with van der Waals surface area (Å²) in [5.41, 5.74) is 2.19. The predicted molar refractivity (Wildman–Crippen MR) is 73.5 cm³/mol. The third-order valence-electron chi connectivity index (χ3n) is 3.39. The van der Waals surface area contributed by atoms with Gasteiger partial charge < -0.3 is 4.90 Å². The number of benzene rings is 1. The molecule has 0 bridgehead atoms. The number of hydrogen-bond donors (Lipinski definition) is 0. The Hall–Kier alpha value is -1.07. The van der Waals surface area contributed by atoms with E-state index >= 15 is 0 Å². The molecule has 1 saturated heterocycles. The Morgan fingerprint density at radius 2 is 1.78 bits per heavy atom. The van der Waals surface area contributed by atoms with E-state index in [-0.39, 0.29) is 0 Å². The number of hydrogen-bond acceptors (Lipinski definition) is 3. The van der Waals surface area contributed by atoms with Gasteiger partial charge in [-0.3, -0.25) is 0 Å². The van der Waals surface area contributed by atoms with Gasteiger partial charge in [-0.05, 0) is 43.5 Å². The van der Waals surface area contributed by atoms with Gasteiger partial charge in [-0.15, -0.1) is 0 Å². The zero-order valence-corrected chi connectivity index (χ0v) is 12.0. The second-order valence-electron chi connectivity index (χ2n) is 4.93. The van der Waals surface area contributed by atoms with Crippen molar-refractivity contribution in [3.8, 4) is 0 Å². The van der Waals surface area contributed by atoms with Crippen molar-refractivity contribution in [2.24, 2.45) is 0 Å². The van der Waals surface area contributed by atoms with Crippen LogP contribution in [0.2, 0.25) is 0 Å². The molecule has 18 heavy (non-hydrogen) atoms. The van der Waals surface area contributed by atoms with Crippen LogP contribution >= 0.6 is 0 Å². The van der Waals surface area contributed by atoms with Crippen molar-refractivity contribution in [2.75, 3.05) is 32.1 Å². The molecule has 1 aliphatic rings. The molecule has 1 aromatic rings. The lowest BCUT2D eigenvalue weighted by molar-refractivity contribution is 0.520. The fourth-order valence-corrected chi connectivity index (χ4v) is 3.30. The lowest BCUT2D eigenvalue weighted by Crippen LogP contribution is -2.23. The molecule has 0 atom stereocenters. The first-order valence-electron chi connectivity index (χ1n) is 6.21. The maximum atomic E-state index is 12.0. The Balaban J connectivity index is 2.36. The van der Waals surface area contributed by atoms with E-state index in [0.29, 0.717) is 4.90 Å². The number of nitrogens with zero attached hydrogens (tertiary/aromatic N) is 2. The number of sulfonamides is 1. The van der Waals surface area contributed by atoms with Crippen LogP contribution in [0.15, 0.2) is 23.1 Å². The highest BCUT2D eigenvalue weighted by Gasteiger charge is 2.20. The highest BCUT2D eigenvalue weighted by Crippen LogP contribution is 2.27. The van der Waals surface area contributed by atoms with Crippen molar-refractivity contribution < 1.29 is 8.42 Å². The van der Waals surface area contributed by atoms with Crippen LogP contribution < -0.4 is 4.90 Å². The fraction of sp³-hybridized carbons (Fsp3) is 0.538.